The highest BCUT2D eigenvalue weighted by Gasteiger charge is 2.27. The van der Waals surface area contributed by atoms with Crippen LogP contribution in [0.5, 0.6) is 0 Å². The molecule has 3 aromatic rings. The van der Waals surface area contributed by atoms with Crippen molar-refractivity contribution in [2.24, 2.45) is 0 Å². The molecule has 150 valence electrons. The zero-order valence-electron chi connectivity index (χ0n) is 16.4. The van der Waals surface area contributed by atoms with Gasteiger partial charge in [0.2, 0.25) is 10.0 Å². The largest absolute Gasteiger partial charge is 0.322 e. The van der Waals surface area contributed by atoms with E-state index in [2.05, 4.69) is 5.32 Å². The molecule has 0 saturated carbocycles. The van der Waals surface area contributed by atoms with Gasteiger partial charge in [-0.3, -0.25) is 4.79 Å². The Labute approximate surface area is 172 Å². The van der Waals surface area contributed by atoms with Crippen molar-refractivity contribution in [1.82, 2.24) is 4.31 Å². The molecule has 0 radical (unpaired) electrons. The molecule has 0 heterocycles. The predicted octanol–water partition coefficient (Wildman–Crippen LogP) is 4.54. The van der Waals surface area contributed by atoms with Gasteiger partial charge in [-0.2, -0.15) is 4.31 Å². The zero-order chi connectivity index (χ0) is 20.9. The molecule has 0 fully saturated rings. The number of para-hydroxylation sites is 1. The van der Waals surface area contributed by atoms with E-state index in [4.69, 9.17) is 0 Å². The summed E-state index contributed by atoms with van der Waals surface area (Å²) in [7, 11) is -3.70. The first-order chi connectivity index (χ1) is 13.9. The lowest BCUT2D eigenvalue weighted by atomic mass is 10.2. The van der Waals surface area contributed by atoms with E-state index in [1.165, 1.54) is 28.6 Å². The summed E-state index contributed by atoms with van der Waals surface area (Å²) < 4.78 is 27.8. The van der Waals surface area contributed by atoms with Gasteiger partial charge < -0.3 is 5.32 Å². The van der Waals surface area contributed by atoms with Gasteiger partial charge in [-0.05, 0) is 55.8 Å². The maximum absolute atomic E-state index is 13.2. The third-order valence-electron chi connectivity index (χ3n) is 4.51. The molecule has 1 N–H and O–H groups in total. The van der Waals surface area contributed by atoms with E-state index < -0.39 is 10.0 Å². The Bertz CT molecular complexity index is 1050. The van der Waals surface area contributed by atoms with Crippen LogP contribution in [0.3, 0.4) is 0 Å². The maximum atomic E-state index is 13.2. The number of hydrogen-bond donors (Lipinski definition) is 1. The van der Waals surface area contributed by atoms with Crippen LogP contribution < -0.4 is 5.32 Å². The number of hydrogen-bond acceptors (Lipinski definition) is 3. The van der Waals surface area contributed by atoms with E-state index in [0.717, 1.165) is 5.56 Å². The number of rotatable bonds is 7. The maximum Gasteiger partial charge on any atom is 0.255 e. The third-order valence-corrected chi connectivity index (χ3v) is 6.55. The summed E-state index contributed by atoms with van der Waals surface area (Å²) in [6.07, 6.45) is 0. The van der Waals surface area contributed by atoms with Crippen molar-refractivity contribution in [3.05, 3.63) is 96.1 Å². The summed E-state index contributed by atoms with van der Waals surface area (Å²) in [6, 6.07) is 24.4. The minimum Gasteiger partial charge on any atom is -0.322 e. The second kappa shape index (κ2) is 9.03. The molecule has 3 rings (SSSR count). The van der Waals surface area contributed by atoms with Crippen molar-refractivity contribution in [1.29, 1.82) is 0 Å². The summed E-state index contributed by atoms with van der Waals surface area (Å²) in [4.78, 5) is 12.6. The van der Waals surface area contributed by atoms with E-state index in [-0.39, 0.29) is 23.4 Å². The fraction of sp³-hybridized carbons (Fsp3) is 0.174. The molecule has 5 nitrogen and oxygen atoms in total. The lowest BCUT2D eigenvalue weighted by Crippen LogP contribution is -2.36. The molecule has 0 aliphatic carbocycles. The number of carbonyl (C=O) groups excluding carboxylic acids is 1. The monoisotopic (exact) mass is 408 g/mol. The molecular weight excluding hydrogens is 384 g/mol. The number of carbonyl (C=O) groups is 1. The predicted molar refractivity (Wildman–Crippen MR) is 115 cm³/mol. The van der Waals surface area contributed by atoms with Crippen LogP contribution in [0.25, 0.3) is 0 Å². The molecule has 0 unspecified atom stereocenters. The first-order valence-corrected chi connectivity index (χ1v) is 10.8. The lowest BCUT2D eigenvalue weighted by molar-refractivity contribution is 0.102. The van der Waals surface area contributed by atoms with E-state index >= 15 is 0 Å². The molecule has 3 aromatic carbocycles. The van der Waals surface area contributed by atoms with Crippen molar-refractivity contribution in [2.45, 2.75) is 31.3 Å². The van der Waals surface area contributed by atoms with E-state index in [1.807, 2.05) is 62.4 Å². The topological polar surface area (TPSA) is 66.5 Å². The van der Waals surface area contributed by atoms with Gasteiger partial charge in [0, 0.05) is 23.8 Å². The molecule has 0 bridgehead atoms. The van der Waals surface area contributed by atoms with Gasteiger partial charge >= 0.3 is 0 Å². The van der Waals surface area contributed by atoms with Gasteiger partial charge in [-0.25, -0.2) is 8.42 Å². The van der Waals surface area contributed by atoms with Crippen LogP contribution in [0.15, 0.2) is 89.8 Å². The van der Waals surface area contributed by atoms with Gasteiger partial charge in [0.05, 0.1) is 4.90 Å². The van der Waals surface area contributed by atoms with Gasteiger partial charge in [0.15, 0.2) is 0 Å². The van der Waals surface area contributed by atoms with Crippen LogP contribution in [0.2, 0.25) is 0 Å². The Balaban J connectivity index is 1.80. The van der Waals surface area contributed by atoms with Crippen LogP contribution in [-0.4, -0.2) is 24.7 Å². The van der Waals surface area contributed by atoms with Crippen molar-refractivity contribution in [3.8, 4) is 0 Å². The summed E-state index contributed by atoms with van der Waals surface area (Å²) in [6.45, 7) is 3.99. The SMILES string of the molecule is CC(C)N(Cc1ccccc1)S(=O)(=O)c1ccc(C(=O)Nc2ccccc2)cc1. The molecule has 6 heteroatoms. The summed E-state index contributed by atoms with van der Waals surface area (Å²) in [5.41, 5.74) is 2.00. The van der Waals surface area contributed by atoms with E-state index in [0.29, 0.717) is 11.3 Å². The summed E-state index contributed by atoms with van der Waals surface area (Å²) >= 11 is 0. The Morgan fingerprint density at radius 3 is 1.97 bits per heavy atom. The first kappa shape index (κ1) is 20.8. The Morgan fingerprint density at radius 1 is 0.862 bits per heavy atom. The average Bonchev–Trinajstić information content (AvgIpc) is 2.73. The molecule has 0 aliphatic rings. The molecule has 0 saturated heterocycles. The van der Waals surface area contributed by atoms with Crippen LogP contribution in [-0.2, 0) is 16.6 Å². The highest BCUT2D eigenvalue weighted by molar-refractivity contribution is 7.89. The van der Waals surface area contributed by atoms with Gasteiger partial charge in [0.25, 0.3) is 5.91 Å². The summed E-state index contributed by atoms with van der Waals surface area (Å²) in [5.74, 6) is -0.287. The van der Waals surface area contributed by atoms with Gasteiger partial charge in [0.1, 0.15) is 0 Å². The number of nitrogens with one attached hydrogen (secondary N) is 1. The first-order valence-electron chi connectivity index (χ1n) is 9.40. The smallest absolute Gasteiger partial charge is 0.255 e. The molecule has 1 amide bonds. The Morgan fingerprint density at radius 2 is 1.41 bits per heavy atom. The fourth-order valence-corrected chi connectivity index (χ4v) is 4.57. The molecule has 0 atom stereocenters. The zero-order valence-corrected chi connectivity index (χ0v) is 17.3. The lowest BCUT2D eigenvalue weighted by Gasteiger charge is -2.26. The highest BCUT2D eigenvalue weighted by atomic mass is 32.2. The molecule has 0 aliphatic heterocycles. The van der Waals surface area contributed by atoms with Crippen molar-refractivity contribution in [3.63, 3.8) is 0 Å². The minimum atomic E-state index is -3.70. The fourth-order valence-electron chi connectivity index (χ4n) is 2.95. The number of sulfonamides is 1. The molecule has 29 heavy (non-hydrogen) atoms. The highest BCUT2D eigenvalue weighted by Crippen LogP contribution is 2.22. The van der Waals surface area contributed by atoms with E-state index in [1.54, 1.807) is 12.1 Å². The Hall–Kier alpha value is -2.96. The quantitative estimate of drug-likeness (QED) is 0.624. The van der Waals surface area contributed by atoms with Crippen LogP contribution >= 0.6 is 0 Å². The van der Waals surface area contributed by atoms with E-state index in [9.17, 15) is 13.2 Å². The number of amides is 1. The van der Waals surface area contributed by atoms with Crippen LogP contribution in [0, 0.1) is 0 Å². The molecular formula is C23H24N2O3S. The van der Waals surface area contributed by atoms with Crippen molar-refractivity contribution in [2.75, 3.05) is 5.32 Å². The van der Waals surface area contributed by atoms with Crippen molar-refractivity contribution < 1.29 is 13.2 Å². The van der Waals surface area contributed by atoms with Crippen LogP contribution in [0.4, 0.5) is 5.69 Å². The second-order valence-electron chi connectivity index (χ2n) is 6.97. The second-order valence-corrected chi connectivity index (χ2v) is 8.86. The van der Waals surface area contributed by atoms with Crippen LogP contribution in [0.1, 0.15) is 29.8 Å². The molecule has 0 aromatic heterocycles. The van der Waals surface area contributed by atoms with Gasteiger partial charge in [-0.15, -0.1) is 0 Å². The molecule has 0 spiro atoms. The number of anilines is 1. The van der Waals surface area contributed by atoms with Gasteiger partial charge in [-0.1, -0.05) is 48.5 Å². The normalized spacial score (nSPS) is 11.6. The number of benzene rings is 3. The summed E-state index contributed by atoms with van der Waals surface area (Å²) in [5, 5.41) is 2.79. The number of nitrogens with zero attached hydrogens (tertiary/aromatic N) is 1. The minimum absolute atomic E-state index is 0.165. The third kappa shape index (κ3) is 5.10. The standard InChI is InChI=1S/C23H24N2O3S/c1-18(2)25(17-19-9-5-3-6-10-19)29(27,28)22-15-13-20(14-16-22)23(26)24-21-11-7-4-8-12-21/h3-16,18H,17H2,1-2H3,(H,24,26). The average molecular weight is 409 g/mol. The van der Waals surface area contributed by atoms with Crippen molar-refractivity contribution >= 4 is 21.6 Å². The Kier molecular flexibility index (Phi) is 6.46.